The Bertz CT molecular complexity index is 772. The molecule has 0 amide bonds. The third kappa shape index (κ3) is 2.78. The molecular formula is C20H22N2O3. The Kier molecular flexibility index (Phi) is 4.17. The smallest absolute Gasteiger partial charge is 0.316 e. The minimum absolute atomic E-state index is 0.178. The number of rotatable bonds is 3. The molecule has 1 saturated heterocycles. The molecule has 2 aromatic rings. The summed E-state index contributed by atoms with van der Waals surface area (Å²) in [5.41, 5.74) is 2.67. The van der Waals surface area contributed by atoms with Crippen molar-refractivity contribution in [1.82, 2.24) is 4.98 Å². The molecule has 1 aliphatic carbocycles. The topological polar surface area (TPSA) is 51.7 Å². The van der Waals surface area contributed by atoms with Crippen molar-refractivity contribution in [3.8, 4) is 0 Å². The number of carbonyl (C=O) groups excluding carboxylic acids is 1. The lowest BCUT2D eigenvalue weighted by atomic mass is 9.78. The lowest BCUT2D eigenvalue weighted by Gasteiger charge is -2.28. The molecule has 1 aliphatic heterocycles. The number of carbonyl (C=O) groups is 1. The van der Waals surface area contributed by atoms with Crippen molar-refractivity contribution in [3.63, 3.8) is 0 Å². The van der Waals surface area contributed by atoms with E-state index >= 15 is 0 Å². The van der Waals surface area contributed by atoms with E-state index in [1.54, 1.807) is 0 Å². The van der Waals surface area contributed by atoms with Gasteiger partial charge in [0, 0.05) is 19.3 Å². The van der Waals surface area contributed by atoms with Crippen molar-refractivity contribution in [2.24, 2.45) is 0 Å². The van der Waals surface area contributed by atoms with Gasteiger partial charge in [-0.15, -0.1) is 0 Å². The SMILES string of the molecule is COC(=O)C1(c2ccccc2)Cc2cnc(N3CCOCC3)cc2C1. The molecule has 4 rings (SSSR count). The molecule has 0 radical (unpaired) electrons. The minimum atomic E-state index is -0.649. The van der Waals surface area contributed by atoms with Crippen LogP contribution in [0.1, 0.15) is 16.7 Å². The summed E-state index contributed by atoms with van der Waals surface area (Å²) in [6.07, 6.45) is 3.21. The van der Waals surface area contributed by atoms with Gasteiger partial charge in [0.2, 0.25) is 0 Å². The lowest BCUT2D eigenvalue weighted by molar-refractivity contribution is -0.147. The summed E-state index contributed by atoms with van der Waals surface area (Å²) >= 11 is 0. The van der Waals surface area contributed by atoms with Crippen LogP contribution in [-0.4, -0.2) is 44.4 Å². The molecule has 0 saturated carbocycles. The summed E-state index contributed by atoms with van der Waals surface area (Å²) in [4.78, 5) is 19.6. The standard InChI is InChI=1S/C20H22N2O3/c1-24-19(23)20(17-5-3-2-4-6-17)12-15-11-18(21-14-16(15)13-20)22-7-9-25-10-8-22/h2-6,11,14H,7-10,12-13H2,1H3. The Morgan fingerprint density at radius 3 is 2.60 bits per heavy atom. The van der Waals surface area contributed by atoms with Crippen LogP contribution in [-0.2, 0) is 32.5 Å². The molecule has 25 heavy (non-hydrogen) atoms. The molecule has 1 aromatic carbocycles. The van der Waals surface area contributed by atoms with E-state index in [1.807, 2.05) is 36.5 Å². The molecule has 0 bridgehead atoms. The maximum Gasteiger partial charge on any atom is 0.316 e. The predicted molar refractivity (Wildman–Crippen MR) is 94.8 cm³/mol. The third-order valence-electron chi connectivity index (χ3n) is 5.29. The first-order valence-corrected chi connectivity index (χ1v) is 8.67. The van der Waals surface area contributed by atoms with E-state index in [4.69, 9.17) is 9.47 Å². The van der Waals surface area contributed by atoms with Crippen LogP contribution in [0.15, 0.2) is 42.6 Å². The number of aromatic nitrogens is 1. The van der Waals surface area contributed by atoms with Crippen molar-refractivity contribution >= 4 is 11.8 Å². The molecule has 1 fully saturated rings. The van der Waals surface area contributed by atoms with Crippen molar-refractivity contribution < 1.29 is 14.3 Å². The second-order valence-electron chi connectivity index (χ2n) is 6.70. The molecule has 2 heterocycles. The molecule has 1 aromatic heterocycles. The number of anilines is 1. The molecule has 5 nitrogen and oxygen atoms in total. The predicted octanol–water partition coefficient (Wildman–Crippen LogP) is 2.13. The fourth-order valence-corrected chi connectivity index (χ4v) is 3.93. The number of nitrogens with zero attached hydrogens (tertiary/aromatic N) is 2. The first kappa shape index (κ1) is 16.1. The summed E-state index contributed by atoms with van der Waals surface area (Å²) in [7, 11) is 1.47. The van der Waals surface area contributed by atoms with E-state index in [1.165, 1.54) is 12.7 Å². The zero-order valence-electron chi connectivity index (χ0n) is 14.4. The van der Waals surface area contributed by atoms with Crippen LogP contribution in [0.4, 0.5) is 5.82 Å². The van der Waals surface area contributed by atoms with Crippen LogP contribution in [0.25, 0.3) is 0 Å². The van der Waals surface area contributed by atoms with Crippen molar-refractivity contribution in [1.29, 1.82) is 0 Å². The molecule has 1 atom stereocenters. The average Bonchev–Trinajstić information content (AvgIpc) is 3.08. The first-order valence-electron chi connectivity index (χ1n) is 8.67. The number of ether oxygens (including phenoxy) is 2. The van der Waals surface area contributed by atoms with E-state index in [0.29, 0.717) is 12.8 Å². The van der Waals surface area contributed by atoms with Gasteiger partial charge in [0.1, 0.15) is 11.2 Å². The summed E-state index contributed by atoms with van der Waals surface area (Å²) in [6.45, 7) is 3.17. The highest BCUT2D eigenvalue weighted by atomic mass is 16.5. The summed E-state index contributed by atoms with van der Waals surface area (Å²) in [6, 6.07) is 12.1. The fourth-order valence-electron chi connectivity index (χ4n) is 3.93. The van der Waals surface area contributed by atoms with Gasteiger partial charge in [0.25, 0.3) is 0 Å². The monoisotopic (exact) mass is 338 g/mol. The highest BCUT2D eigenvalue weighted by molar-refractivity contribution is 5.85. The van der Waals surface area contributed by atoms with Gasteiger partial charge in [-0.3, -0.25) is 4.79 Å². The maximum atomic E-state index is 12.7. The Morgan fingerprint density at radius 1 is 1.16 bits per heavy atom. The van der Waals surface area contributed by atoms with Crippen LogP contribution in [0.3, 0.4) is 0 Å². The third-order valence-corrected chi connectivity index (χ3v) is 5.29. The number of fused-ring (bicyclic) bond motifs is 1. The Balaban J connectivity index is 1.69. The van der Waals surface area contributed by atoms with E-state index in [2.05, 4.69) is 16.0 Å². The van der Waals surface area contributed by atoms with Crippen molar-refractivity contribution in [2.75, 3.05) is 38.3 Å². The lowest BCUT2D eigenvalue weighted by Crippen LogP contribution is -2.38. The van der Waals surface area contributed by atoms with Gasteiger partial charge in [-0.25, -0.2) is 4.98 Å². The van der Waals surface area contributed by atoms with Crippen molar-refractivity contribution in [3.05, 3.63) is 59.3 Å². The van der Waals surface area contributed by atoms with Crippen LogP contribution >= 0.6 is 0 Å². The first-order chi connectivity index (χ1) is 12.2. The Morgan fingerprint density at radius 2 is 1.88 bits per heavy atom. The molecular weight excluding hydrogens is 316 g/mol. The highest BCUT2D eigenvalue weighted by Crippen LogP contribution is 2.41. The number of esters is 1. The van der Waals surface area contributed by atoms with Crippen LogP contribution in [0, 0.1) is 0 Å². The Labute approximate surface area is 147 Å². The largest absolute Gasteiger partial charge is 0.468 e. The molecule has 5 heteroatoms. The van der Waals surface area contributed by atoms with Crippen LogP contribution in [0.5, 0.6) is 0 Å². The zero-order chi connectivity index (χ0) is 17.3. The summed E-state index contributed by atoms with van der Waals surface area (Å²) in [5.74, 6) is 0.790. The van der Waals surface area contributed by atoms with Gasteiger partial charge in [-0.05, 0) is 35.6 Å². The number of hydrogen-bond donors (Lipinski definition) is 0. The molecule has 0 N–H and O–H groups in total. The van der Waals surface area contributed by atoms with Gasteiger partial charge >= 0.3 is 5.97 Å². The number of benzene rings is 1. The Hall–Kier alpha value is -2.40. The summed E-state index contributed by atoms with van der Waals surface area (Å²) in [5, 5.41) is 0. The average molecular weight is 338 g/mol. The second kappa shape index (κ2) is 6.48. The normalized spacial score (nSPS) is 22.5. The zero-order valence-corrected chi connectivity index (χ0v) is 14.4. The highest BCUT2D eigenvalue weighted by Gasteiger charge is 2.46. The minimum Gasteiger partial charge on any atom is -0.468 e. The van der Waals surface area contributed by atoms with Gasteiger partial charge in [-0.1, -0.05) is 30.3 Å². The summed E-state index contributed by atoms with van der Waals surface area (Å²) < 4.78 is 10.6. The number of pyridine rings is 1. The van der Waals surface area contributed by atoms with Gasteiger partial charge in [0.05, 0.1) is 20.3 Å². The molecule has 130 valence electrons. The fraction of sp³-hybridized carbons (Fsp3) is 0.400. The maximum absolute atomic E-state index is 12.7. The van der Waals surface area contributed by atoms with Crippen molar-refractivity contribution in [2.45, 2.75) is 18.3 Å². The van der Waals surface area contributed by atoms with E-state index < -0.39 is 5.41 Å². The second-order valence-corrected chi connectivity index (χ2v) is 6.70. The van der Waals surface area contributed by atoms with E-state index in [9.17, 15) is 4.79 Å². The van der Waals surface area contributed by atoms with Gasteiger partial charge < -0.3 is 14.4 Å². The van der Waals surface area contributed by atoms with Gasteiger partial charge in [0.15, 0.2) is 0 Å². The van der Waals surface area contributed by atoms with E-state index in [0.717, 1.165) is 43.2 Å². The van der Waals surface area contributed by atoms with Crippen LogP contribution < -0.4 is 4.90 Å². The molecule has 0 spiro atoms. The molecule has 1 unspecified atom stereocenters. The van der Waals surface area contributed by atoms with E-state index in [-0.39, 0.29) is 5.97 Å². The number of morpholine rings is 1. The quantitative estimate of drug-likeness (QED) is 0.803. The number of methoxy groups -OCH3 is 1. The number of hydrogen-bond acceptors (Lipinski definition) is 5. The van der Waals surface area contributed by atoms with Crippen LogP contribution in [0.2, 0.25) is 0 Å². The van der Waals surface area contributed by atoms with Gasteiger partial charge in [-0.2, -0.15) is 0 Å². The molecule has 2 aliphatic rings.